The van der Waals surface area contributed by atoms with Gasteiger partial charge in [-0.15, -0.1) is 21.8 Å². The molecule has 94 valence electrons. The zero-order valence-corrected chi connectivity index (χ0v) is 11.7. The summed E-state index contributed by atoms with van der Waals surface area (Å²) in [5, 5.41) is 10.6. The number of benzene rings is 1. The maximum Gasteiger partial charge on any atom is 0.147 e. The van der Waals surface area contributed by atoms with Gasteiger partial charge in [0.05, 0.1) is 0 Å². The van der Waals surface area contributed by atoms with Crippen LogP contribution in [0.5, 0.6) is 0 Å². The van der Waals surface area contributed by atoms with Crippen molar-refractivity contribution >= 4 is 22.9 Å². The summed E-state index contributed by atoms with van der Waals surface area (Å²) in [4.78, 5) is 0. The monoisotopic (exact) mass is 278 g/mol. The largest absolute Gasteiger partial charge is 0.147 e. The minimum Gasteiger partial charge on any atom is -0.143 e. The fraction of sp³-hybridized carbons (Fsp3) is 0.429. The first-order valence-electron chi connectivity index (χ1n) is 6.37. The Morgan fingerprint density at radius 2 is 2.06 bits per heavy atom. The number of fused-ring (bicyclic) bond motifs is 1. The molecule has 1 heterocycles. The highest BCUT2D eigenvalue weighted by molar-refractivity contribution is 7.14. The number of rotatable bonds is 4. The van der Waals surface area contributed by atoms with E-state index in [2.05, 4.69) is 28.4 Å². The lowest BCUT2D eigenvalue weighted by molar-refractivity contribution is 0.884. The van der Waals surface area contributed by atoms with Crippen molar-refractivity contribution in [2.45, 2.75) is 32.1 Å². The minimum atomic E-state index is 0.688. The molecule has 4 heteroatoms. The first-order chi connectivity index (χ1) is 8.86. The number of hydrogen-bond donors (Lipinski definition) is 0. The van der Waals surface area contributed by atoms with Crippen LogP contribution < -0.4 is 0 Å². The lowest BCUT2D eigenvalue weighted by Gasteiger charge is -2.01. The van der Waals surface area contributed by atoms with Crippen molar-refractivity contribution in [3.8, 4) is 10.6 Å². The highest BCUT2D eigenvalue weighted by Crippen LogP contribution is 2.29. The molecule has 0 amide bonds. The van der Waals surface area contributed by atoms with Crippen LogP contribution in [-0.2, 0) is 19.3 Å². The van der Waals surface area contributed by atoms with Crippen molar-refractivity contribution in [1.82, 2.24) is 10.2 Å². The normalized spacial score (nSPS) is 13.8. The van der Waals surface area contributed by atoms with E-state index in [1.165, 1.54) is 36.0 Å². The van der Waals surface area contributed by atoms with E-state index in [-0.39, 0.29) is 0 Å². The predicted molar refractivity (Wildman–Crippen MR) is 76.4 cm³/mol. The Morgan fingerprint density at radius 1 is 1.17 bits per heavy atom. The minimum absolute atomic E-state index is 0.688. The second-order valence-corrected chi connectivity index (χ2v) is 6.07. The van der Waals surface area contributed by atoms with Gasteiger partial charge in [0.1, 0.15) is 10.0 Å². The van der Waals surface area contributed by atoms with E-state index in [1.807, 2.05) is 0 Å². The Labute approximate surface area is 116 Å². The molecule has 0 fully saturated rings. The SMILES string of the molecule is ClCCCc1nnc(-c2ccc3c(c2)CCC3)s1. The highest BCUT2D eigenvalue weighted by atomic mass is 35.5. The third-order valence-corrected chi connectivity index (χ3v) is 4.64. The second kappa shape index (κ2) is 5.37. The van der Waals surface area contributed by atoms with Gasteiger partial charge in [0.2, 0.25) is 0 Å². The van der Waals surface area contributed by atoms with Crippen molar-refractivity contribution in [2.24, 2.45) is 0 Å². The van der Waals surface area contributed by atoms with Crippen molar-refractivity contribution < 1.29 is 0 Å². The van der Waals surface area contributed by atoms with E-state index in [0.29, 0.717) is 5.88 Å². The Morgan fingerprint density at radius 3 is 2.94 bits per heavy atom. The van der Waals surface area contributed by atoms with Gasteiger partial charge in [-0.25, -0.2) is 0 Å². The Kier molecular flexibility index (Phi) is 3.62. The topological polar surface area (TPSA) is 25.8 Å². The number of aromatic nitrogens is 2. The van der Waals surface area contributed by atoms with Gasteiger partial charge >= 0.3 is 0 Å². The Hall–Kier alpha value is -0.930. The van der Waals surface area contributed by atoms with Gasteiger partial charge in [0, 0.05) is 17.9 Å². The average Bonchev–Trinajstić information content (AvgIpc) is 3.04. The maximum absolute atomic E-state index is 5.70. The maximum atomic E-state index is 5.70. The average molecular weight is 279 g/mol. The molecule has 1 aliphatic rings. The standard InChI is InChI=1S/C14H15ClN2S/c15-8-2-5-13-16-17-14(18-13)12-7-6-10-3-1-4-11(10)9-12/h6-7,9H,1-5,8H2. The number of alkyl halides is 1. The van der Waals surface area contributed by atoms with Crippen LogP contribution in [0.1, 0.15) is 29.0 Å². The van der Waals surface area contributed by atoms with Gasteiger partial charge in [-0.05, 0) is 42.9 Å². The van der Waals surface area contributed by atoms with Gasteiger partial charge in [0.25, 0.3) is 0 Å². The quantitative estimate of drug-likeness (QED) is 0.794. The molecule has 0 bridgehead atoms. The summed E-state index contributed by atoms with van der Waals surface area (Å²) in [5.41, 5.74) is 4.21. The molecule has 2 nitrogen and oxygen atoms in total. The van der Waals surface area contributed by atoms with Gasteiger partial charge in [-0.3, -0.25) is 0 Å². The molecular weight excluding hydrogens is 264 g/mol. The van der Waals surface area contributed by atoms with Crippen LogP contribution in [0.25, 0.3) is 10.6 Å². The van der Waals surface area contributed by atoms with Crippen molar-refractivity contribution in [3.63, 3.8) is 0 Å². The summed E-state index contributed by atoms with van der Waals surface area (Å²) in [6.07, 6.45) is 5.64. The summed E-state index contributed by atoms with van der Waals surface area (Å²) in [6.45, 7) is 0. The molecule has 0 aliphatic heterocycles. The van der Waals surface area contributed by atoms with Crippen molar-refractivity contribution in [2.75, 3.05) is 5.88 Å². The molecule has 2 aromatic rings. The van der Waals surface area contributed by atoms with Crippen LogP contribution in [0.3, 0.4) is 0 Å². The first kappa shape index (κ1) is 12.1. The fourth-order valence-electron chi connectivity index (χ4n) is 2.39. The molecular formula is C14H15ClN2S. The zero-order valence-electron chi connectivity index (χ0n) is 10.2. The third kappa shape index (κ3) is 2.43. The van der Waals surface area contributed by atoms with Gasteiger partial charge in [-0.1, -0.05) is 23.5 Å². The van der Waals surface area contributed by atoms with E-state index in [9.17, 15) is 0 Å². The molecule has 0 saturated carbocycles. The van der Waals surface area contributed by atoms with Crippen LogP contribution in [0, 0.1) is 0 Å². The lowest BCUT2D eigenvalue weighted by atomic mass is 10.1. The van der Waals surface area contributed by atoms with E-state index < -0.39 is 0 Å². The lowest BCUT2D eigenvalue weighted by Crippen LogP contribution is -1.84. The van der Waals surface area contributed by atoms with E-state index in [0.717, 1.165) is 22.9 Å². The van der Waals surface area contributed by atoms with Crippen molar-refractivity contribution in [3.05, 3.63) is 34.3 Å². The summed E-state index contributed by atoms with van der Waals surface area (Å²) >= 11 is 7.39. The number of nitrogens with zero attached hydrogens (tertiary/aromatic N) is 2. The van der Waals surface area contributed by atoms with Crippen LogP contribution in [0.4, 0.5) is 0 Å². The molecule has 1 aliphatic carbocycles. The molecule has 0 saturated heterocycles. The fourth-order valence-corrected chi connectivity index (χ4v) is 3.41. The smallest absolute Gasteiger partial charge is 0.143 e. The zero-order chi connectivity index (χ0) is 12.4. The molecule has 1 aromatic carbocycles. The van der Waals surface area contributed by atoms with Crippen molar-refractivity contribution in [1.29, 1.82) is 0 Å². The summed E-state index contributed by atoms with van der Waals surface area (Å²) in [6, 6.07) is 6.71. The summed E-state index contributed by atoms with van der Waals surface area (Å²) in [5.74, 6) is 0.688. The molecule has 3 rings (SSSR count). The molecule has 1 aromatic heterocycles. The molecule has 18 heavy (non-hydrogen) atoms. The van der Waals surface area contributed by atoms with Crippen LogP contribution in [-0.4, -0.2) is 16.1 Å². The predicted octanol–water partition coefficient (Wildman–Crippen LogP) is 3.87. The van der Waals surface area contributed by atoms with Gasteiger partial charge in [0.15, 0.2) is 0 Å². The Bertz CT molecular complexity index is 550. The van der Waals surface area contributed by atoms with Crippen LogP contribution in [0.2, 0.25) is 0 Å². The second-order valence-electron chi connectivity index (χ2n) is 4.63. The molecule has 0 atom stereocenters. The summed E-state index contributed by atoms with van der Waals surface area (Å²) in [7, 11) is 0. The number of halogens is 1. The number of aryl methyl sites for hydroxylation is 3. The molecule has 0 radical (unpaired) electrons. The van der Waals surface area contributed by atoms with E-state index in [1.54, 1.807) is 11.3 Å². The highest BCUT2D eigenvalue weighted by Gasteiger charge is 2.13. The van der Waals surface area contributed by atoms with Gasteiger partial charge in [-0.2, -0.15) is 0 Å². The van der Waals surface area contributed by atoms with E-state index in [4.69, 9.17) is 11.6 Å². The molecule has 0 unspecified atom stereocenters. The molecule has 0 N–H and O–H groups in total. The van der Waals surface area contributed by atoms with Crippen LogP contribution >= 0.6 is 22.9 Å². The van der Waals surface area contributed by atoms with E-state index >= 15 is 0 Å². The first-order valence-corrected chi connectivity index (χ1v) is 7.72. The van der Waals surface area contributed by atoms with Gasteiger partial charge < -0.3 is 0 Å². The Balaban J connectivity index is 1.83. The number of hydrogen-bond acceptors (Lipinski definition) is 3. The molecule has 0 spiro atoms. The third-order valence-electron chi connectivity index (χ3n) is 3.34. The van der Waals surface area contributed by atoms with Crippen LogP contribution in [0.15, 0.2) is 18.2 Å². The summed E-state index contributed by atoms with van der Waals surface area (Å²) < 4.78 is 0.